The van der Waals surface area contributed by atoms with Gasteiger partial charge in [0, 0.05) is 56.8 Å². The van der Waals surface area contributed by atoms with Gasteiger partial charge in [-0.15, -0.1) is 0 Å². The van der Waals surface area contributed by atoms with Gasteiger partial charge < -0.3 is 15.4 Å². The van der Waals surface area contributed by atoms with Gasteiger partial charge in [-0.25, -0.2) is 4.68 Å². The molecule has 8 nitrogen and oxygen atoms in total. The largest absolute Gasteiger partial charge is 0.496 e. The van der Waals surface area contributed by atoms with Crippen molar-refractivity contribution < 1.29 is 14.3 Å². The van der Waals surface area contributed by atoms with E-state index in [4.69, 9.17) is 38.8 Å². The molecule has 0 spiro atoms. The third-order valence-corrected chi connectivity index (χ3v) is 7.74. The predicted molar refractivity (Wildman–Crippen MR) is 161 cm³/mol. The van der Waals surface area contributed by atoms with Crippen LogP contribution in [-0.4, -0.2) is 50.7 Å². The number of primary amides is 1. The summed E-state index contributed by atoms with van der Waals surface area (Å²) in [5, 5.41) is 5.82. The maximum atomic E-state index is 14.0. The molecule has 0 atom stereocenters. The monoisotopic (exact) mass is 591 g/mol. The summed E-state index contributed by atoms with van der Waals surface area (Å²) in [6.45, 7) is 8.53. The summed E-state index contributed by atoms with van der Waals surface area (Å²) in [5.74, 6) is -0.0794. The highest BCUT2D eigenvalue weighted by Crippen LogP contribution is 2.43. The third-order valence-electron chi connectivity index (χ3n) is 7.31. The van der Waals surface area contributed by atoms with E-state index < -0.39 is 11.4 Å². The van der Waals surface area contributed by atoms with Gasteiger partial charge in [0.1, 0.15) is 5.75 Å². The maximum Gasteiger partial charge on any atom is 0.275 e. The number of rotatable bonds is 6. The van der Waals surface area contributed by atoms with Crippen molar-refractivity contribution in [2.24, 2.45) is 5.73 Å². The Balaban J connectivity index is 1.79. The first-order valence-electron chi connectivity index (χ1n) is 13.3. The SMILES string of the molecule is CCN(C(=O)c1nn(-c2cc(Cl)cc(Cl)c2)c2c1CCc1cc(OC)c(-c3cncc(C(N)=O)c3)cc1-2)C(C)(C)C. The molecule has 2 amide bonds. The Morgan fingerprint density at radius 1 is 1.02 bits per heavy atom. The molecule has 2 heterocycles. The Morgan fingerprint density at radius 2 is 1.73 bits per heavy atom. The molecular formula is C31H31Cl2N5O3. The Hall–Kier alpha value is -3.88. The van der Waals surface area contributed by atoms with Crippen LogP contribution in [0.4, 0.5) is 0 Å². The molecule has 0 saturated heterocycles. The van der Waals surface area contributed by atoms with E-state index in [-0.39, 0.29) is 11.5 Å². The van der Waals surface area contributed by atoms with Gasteiger partial charge in [0.25, 0.3) is 5.91 Å². The van der Waals surface area contributed by atoms with Gasteiger partial charge in [0.15, 0.2) is 5.69 Å². The number of hydrogen-bond donors (Lipinski definition) is 1. The number of halogens is 2. The van der Waals surface area contributed by atoms with Crippen molar-refractivity contribution >= 4 is 35.0 Å². The summed E-state index contributed by atoms with van der Waals surface area (Å²) in [6, 6.07) is 10.9. The maximum absolute atomic E-state index is 14.0. The van der Waals surface area contributed by atoms with Gasteiger partial charge in [-0.1, -0.05) is 23.2 Å². The quantitative estimate of drug-likeness (QED) is 0.280. The molecule has 1 aliphatic rings. The standard InChI is InChI=1S/C31H31Cl2N5O3/c1-6-37(31(2,3)4)30(40)27-23-8-7-17-10-26(41-5)24(18-9-19(29(34)39)16-35-15-18)14-25(17)28(23)38(36-27)22-12-20(32)11-21(33)13-22/h9-16H,6-8H2,1-5H3,(H2,34,39). The summed E-state index contributed by atoms with van der Waals surface area (Å²) in [7, 11) is 1.60. The number of ether oxygens (including phenoxy) is 1. The minimum Gasteiger partial charge on any atom is -0.496 e. The zero-order chi connectivity index (χ0) is 29.6. The van der Waals surface area contributed by atoms with Crippen molar-refractivity contribution in [3.05, 3.63) is 81.2 Å². The zero-order valence-electron chi connectivity index (χ0n) is 23.6. The Morgan fingerprint density at radius 3 is 2.34 bits per heavy atom. The summed E-state index contributed by atoms with van der Waals surface area (Å²) in [5.41, 5.74) is 11.4. The van der Waals surface area contributed by atoms with Crippen LogP contribution in [0.1, 0.15) is 59.7 Å². The van der Waals surface area contributed by atoms with Crippen molar-refractivity contribution in [1.82, 2.24) is 19.7 Å². The molecule has 2 aromatic carbocycles. The van der Waals surface area contributed by atoms with E-state index >= 15 is 0 Å². The van der Waals surface area contributed by atoms with E-state index in [0.717, 1.165) is 27.9 Å². The Kier molecular flexibility index (Phi) is 7.57. The highest BCUT2D eigenvalue weighted by atomic mass is 35.5. The topological polar surface area (TPSA) is 103 Å². The first-order valence-corrected chi connectivity index (χ1v) is 14.0. The molecule has 10 heteroatoms. The summed E-state index contributed by atoms with van der Waals surface area (Å²) in [4.78, 5) is 31.9. The number of amides is 2. The molecule has 4 aromatic rings. The fourth-order valence-electron chi connectivity index (χ4n) is 5.46. The molecule has 0 radical (unpaired) electrons. The van der Waals surface area contributed by atoms with Crippen molar-refractivity contribution in [1.29, 1.82) is 0 Å². The highest BCUT2D eigenvalue weighted by Gasteiger charge is 2.34. The van der Waals surface area contributed by atoms with E-state index in [1.165, 1.54) is 6.20 Å². The van der Waals surface area contributed by atoms with E-state index in [0.29, 0.717) is 52.1 Å². The average molecular weight is 593 g/mol. The predicted octanol–water partition coefficient (Wildman–Crippen LogP) is 6.37. The van der Waals surface area contributed by atoms with Crippen molar-refractivity contribution in [3.63, 3.8) is 0 Å². The van der Waals surface area contributed by atoms with Crippen LogP contribution in [0.15, 0.2) is 48.8 Å². The van der Waals surface area contributed by atoms with E-state index in [1.807, 2.05) is 44.7 Å². The van der Waals surface area contributed by atoms with Crippen molar-refractivity contribution in [2.75, 3.05) is 13.7 Å². The third kappa shape index (κ3) is 5.29. The van der Waals surface area contributed by atoms with Gasteiger partial charge in [-0.05, 0) is 82.5 Å². The first kappa shape index (κ1) is 28.6. The van der Waals surface area contributed by atoms with Crippen LogP contribution in [-0.2, 0) is 12.8 Å². The molecule has 2 aromatic heterocycles. The van der Waals surface area contributed by atoms with Crippen LogP contribution in [0, 0.1) is 0 Å². The second kappa shape index (κ2) is 10.8. The lowest BCUT2D eigenvalue weighted by Crippen LogP contribution is -2.45. The number of aryl methyl sites for hydroxylation is 1. The lowest BCUT2D eigenvalue weighted by atomic mass is 9.86. The second-order valence-corrected chi connectivity index (χ2v) is 11.8. The molecule has 1 aliphatic carbocycles. The molecular weight excluding hydrogens is 561 g/mol. The Bertz CT molecular complexity index is 1670. The van der Waals surface area contributed by atoms with E-state index in [9.17, 15) is 9.59 Å². The summed E-state index contributed by atoms with van der Waals surface area (Å²) >= 11 is 12.8. The Labute approximate surface area is 249 Å². The molecule has 2 N–H and O–H groups in total. The average Bonchev–Trinajstić information content (AvgIpc) is 3.31. The van der Waals surface area contributed by atoms with Crippen LogP contribution in [0.3, 0.4) is 0 Å². The van der Waals surface area contributed by atoms with Gasteiger partial charge >= 0.3 is 0 Å². The molecule has 0 saturated carbocycles. The minimum atomic E-state index is -0.572. The molecule has 41 heavy (non-hydrogen) atoms. The van der Waals surface area contributed by atoms with Crippen LogP contribution in [0.5, 0.6) is 5.75 Å². The smallest absolute Gasteiger partial charge is 0.275 e. The number of benzene rings is 2. The summed E-state index contributed by atoms with van der Waals surface area (Å²) < 4.78 is 7.52. The molecule has 212 valence electrons. The lowest BCUT2D eigenvalue weighted by molar-refractivity contribution is 0.0591. The fraction of sp³-hybridized carbons (Fsp3) is 0.290. The van der Waals surface area contributed by atoms with Crippen LogP contribution in [0.2, 0.25) is 10.0 Å². The van der Waals surface area contributed by atoms with Crippen LogP contribution in [0.25, 0.3) is 28.1 Å². The number of nitrogens with zero attached hydrogens (tertiary/aromatic N) is 4. The van der Waals surface area contributed by atoms with Gasteiger partial charge in [0.05, 0.1) is 24.1 Å². The minimum absolute atomic E-state index is 0.140. The number of pyridine rings is 1. The van der Waals surface area contributed by atoms with Crippen LogP contribution < -0.4 is 10.5 Å². The molecule has 0 fully saturated rings. The number of fused-ring (bicyclic) bond motifs is 3. The molecule has 0 bridgehead atoms. The second-order valence-electron chi connectivity index (χ2n) is 11.0. The lowest BCUT2D eigenvalue weighted by Gasteiger charge is -2.34. The number of hydrogen-bond acceptors (Lipinski definition) is 5. The number of nitrogens with two attached hydrogens (primary N) is 1. The molecule has 0 unspecified atom stereocenters. The number of aromatic nitrogens is 3. The molecule has 0 aliphatic heterocycles. The zero-order valence-corrected chi connectivity index (χ0v) is 25.1. The fourth-order valence-corrected chi connectivity index (χ4v) is 5.97. The van der Waals surface area contributed by atoms with Crippen LogP contribution >= 0.6 is 23.2 Å². The van der Waals surface area contributed by atoms with Gasteiger partial charge in [0.2, 0.25) is 5.91 Å². The number of carbonyl (C=O) groups is 2. The van der Waals surface area contributed by atoms with Gasteiger partial charge in [-0.2, -0.15) is 5.10 Å². The first-order chi connectivity index (χ1) is 19.4. The normalized spacial score (nSPS) is 12.5. The molecule has 5 rings (SSSR count). The van der Waals surface area contributed by atoms with E-state index in [1.54, 1.807) is 42.3 Å². The van der Waals surface area contributed by atoms with Crippen molar-refractivity contribution in [2.45, 2.75) is 46.1 Å². The van der Waals surface area contributed by atoms with E-state index in [2.05, 4.69) is 4.98 Å². The van der Waals surface area contributed by atoms with Gasteiger partial charge in [-0.3, -0.25) is 14.6 Å². The summed E-state index contributed by atoms with van der Waals surface area (Å²) in [6.07, 6.45) is 4.38. The van der Waals surface area contributed by atoms with Crippen molar-refractivity contribution in [3.8, 4) is 33.8 Å². The highest BCUT2D eigenvalue weighted by molar-refractivity contribution is 6.34. The number of carbonyl (C=O) groups excluding carboxylic acids is 2. The number of methoxy groups -OCH3 is 1.